The molecule has 0 radical (unpaired) electrons. The summed E-state index contributed by atoms with van der Waals surface area (Å²) < 4.78 is 1.88. The summed E-state index contributed by atoms with van der Waals surface area (Å²) >= 11 is 0. The van der Waals surface area contributed by atoms with Gasteiger partial charge in [0.05, 0.1) is 6.54 Å². The molecule has 0 atom stereocenters. The van der Waals surface area contributed by atoms with Crippen molar-refractivity contribution in [2.45, 2.75) is 6.54 Å². The monoisotopic (exact) mass is 179 g/mol. The molecular weight excluding hydrogens is 166 g/mol. The summed E-state index contributed by atoms with van der Waals surface area (Å²) in [6.45, 7) is 3.92. The third kappa shape index (κ3) is 2.18. The van der Waals surface area contributed by atoms with E-state index < -0.39 is 0 Å². The minimum Gasteiger partial charge on any atom is -0.337 e. The fourth-order valence-corrected chi connectivity index (χ4v) is 0.995. The first-order valence-electron chi connectivity index (χ1n) is 3.99. The summed E-state index contributed by atoms with van der Waals surface area (Å²) in [6, 6.07) is 0. The van der Waals surface area contributed by atoms with Crippen molar-refractivity contribution in [3.8, 4) is 0 Å². The Labute approximate surface area is 77.5 Å². The van der Waals surface area contributed by atoms with Gasteiger partial charge >= 0.3 is 0 Å². The third-order valence-corrected chi connectivity index (χ3v) is 1.85. The molecule has 1 heterocycles. The van der Waals surface area contributed by atoms with Gasteiger partial charge in [0.1, 0.15) is 5.82 Å². The van der Waals surface area contributed by atoms with Gasteiger partial charge in [-0.3, -0.25) is 4.79 Å². The number of aryl methyl sites for hydroxylation is 1. The molecule has 4 heteroatoms. The second kappa shape index (κ2) is 3.89. The molecule has 0 aliphatic heterocycles. The Morgan fingerprint density at radius 2 is 2.54 bits per heavy atom. The van der Waals surface area contributed by atoms with E-state index in [2.05, 4.69) is 11.6 Å². The van der Waals surface area contributed by atoms with E-state index in [1.165, 1.54) is 6.08 Å². The van der Waals surface area contributed by atoms with Gasteiger partial charge in [0.25, 0.3) is 0 Å². The second-order valence-electron chi connectivity index (χ2n) is 2.85. The zero-order valence-corrected chi connectivity index (χ0v) is 7.90. The average molecular weight is 179 g/mol. The maximum Gasteiger partial charge on any atom is 0.246 e. The van der Waals surface area contributed by atoms with Gasteiger partial charge in [0.2, 0.25) is 5.91 Å². The Morgan fingerprint density at radius 1 is 1.85 bits per heavy atom. The molecule has 0 aromatic carbocycles. The highest BCUT2D eigenvalue weighted by Crippen LogP contribution is 1.99. The molecule has 0 N–H and O–H groups in total. The minimum atomic E-state index is -0.0944. The lowest BCUT2D eigenvalue weighted by molar-refractivity contribution is -0.125. The van der Waals surface area contributed by atoms with E-state index in [9.17, 15) is 4.79 Å². The van der Waals surface area contributed by atoms with Crippen molar-refractivity contribution in [1.82, 2.24) is 14.5 Å². The van der Waals surface area contributed by atoms with Crippen molar-refractivity contribution in [2.24, 2.45) is 7.05 Å². The van der Waals surface area contributed by atoms with Crippen LogP contribution in [-0.4, -0.2) is 27.4 Å². The smallest absolute Gasteiger partial charge is 0.246 e. The molecule has 0 spiro atoms. The highest BCUT2D eigenvalue weighted by atomic mass is 16.2. The van der Waals surface area contributed by atoms with E-state index in [1.54, 1.807) is 18.1 Å². The van der Waals surface area contributed by atoms with Gasteiger partial charge < -0.3 is 9.47 Å². The molecule has 0 saturated carbocycles. The van der Waals surface area contributed by atoms with Crippen LogP contribution in [0.2, 0.25) is 0 Å². The van der Waals surface area contributed by atoms with Gasteiger partial charge in [-0.1, -0.05) is 6.58 Å². The lowest BCUT2D eigenvalue weighted by Gasteiger charge is -2.14. The van der Waals surface area contributed by atoms with Crippen molar-refractivity contribution >= 4 is 5.91 Å². The van der Waals surface area contributed by atoms with Crippen LogP contribution in [-0.2, 0) is 18.4 Å². The second-order valence-corrected chi connectivity index (χ2v) is 2.85. The summed E-state index contributed by atoms with van der Waals surface area (Å²) in [5.41, 5.74) is 0. The van der Waals surface area contributed by atoms with Crippen LogP contribution in [0.5, 0.6) is 0 Å². The molecule has 70 valence electrons. The minimum absolute atomic E-state index is 0.0944. The number of carbonyl (C=O) groups excluding carboxylic acids is 1. The topological polar surface area (TPSA) is 38.1 Å². The van der Waals surface area contributed by atoms with E-state index in [4.69, 9.17) is 0 Å². The summed E-state index contributed by atoms with van der Waals surface area (Å²) in [6.07, 6.45) is 4.85. The number of likely N-dealkylation sites (N-methyl/N-ethyl adjacent to an activating group) is 1. The van der Waals surface area contributed by atoms with Gasteiger partial charge in [-0.25, -0.2) is 4.98 Å². The predicted molar refractivity (Wildman–Crippen MR) is 49.9 cm³/mol. The van der Waals surface area contributed by atoms with Crippen molar-refractivity contribution in [1.29, 1.82) is 0 Å². The van der Waals surface area contributed by atoms with Crippen LogP contribution in [0, 0.1) is 0 Å². The molecule has 0 fully saturated rings. The lowest BCUT2D eigenvalue weighted by atomic mass is 10.4. The maximum absolute atomic E-state index is 11.1. The number of carbonyl (C=O) groups is 1. The molecule has 1 aromatic heterocycles. The van der Waals surface area contributed by atoms with Gasteiger partial charge in [-0.2, -0.15) is 0 Å². The lowest BCUT2D eigenvalue weighted by Crippen LogP contribution is -2.25. The Morgan fingerprint density at radius 3 is 3.00 bits per heavy atom. The van der Waals surface area contributed by atoms with Gasteiger partial charge in [0, 0.05) is 26.5 Å². The van der Waals surface area contributed by atoms with Crippen LogP contribution >= 0.6 is 0 Å². The maximum atomic E-state index is 11.1. The van der Waals surface area contributed by atoms with Gasteiger partial charge in [0.15, 0.2) is 0 Å². The Balaban J connectivity index is 2.64. The summed E-state index contributed by atoms with van der Waals surface area (Å²) in [5.74, 6) is 0.765. The zero-order chi connectivity index (χ0) is 9.84. The molecule has 0 unspecified atom stereocenters. The predicted octanol–water partition coefficient (Wildman–Crippen LogP) is 0.564. The van der Waals surface area contributed by atoms with E-state index in [0.717, 1.165) is 5.82 Å². The largest absolute Gasteiger partial charge is 0.337 e. The quantitative estimate of drug-likeness (QED) is 0.636. The summed E-state index contributed by atoms with van der Waals surface area (Å²) in [4.78, 5) is 16.8. The van der Waals surface area contributed by atoms with E-state index in [-0.39, 0.29) is 5.91 Å². The van der Waals surface area contributed by atoms with E-state index >= 15 is 0 Å². The zero-order valence-electron chi connectivity index (χ0n) is 7.90. The molecule has 13 heavy (non-hydrogen) atoms. The fourth-order valence-electron chi connectivity index (χ4n) is 0.995. The molecule has 1 aromatic rings. The fraction of sp³-hybridized carbons (Fsp3) is 0.333. The molecule has 0 aliphatic carbocycles. The standard InChI is InChI=1S/C9H13N3O/c1-4-9(13)12(3)7-8-10-5-6-11(8)2/h4-6H,1,7H2,2-3H3. The number of rotatable bonds is 3. The third-order valence-electron chi connectivity index (χ3n) is 1.85. The molecule has 0 bridgehead atoms. The number of imidazole rings is 1. The number of amides is 1. The first kappa shape index (κ1) is 9.51. The van der Waals surface area contributed by atoms with Crippen molar-refractivity contribution in [3.05, 3.63) is 30.9 Å². The number of hydrogen-bond donors (Lipinski definition) is 0. The number of aromatic nitrogens is 2. The van der Waals surface area contributed by atoms with Gasteiger partial charge in [-0.05, 0) is 6.08 Å². The Bertz CT molecular complexity index is 316. The SMILES string of the molecule is C=CC(=O)N(C)Cc1nccn1C. The average Bonchev–Trinajstić information content (AvgIpc) is 2.50. The normalized spacial score (nSPS) is 9.69. The first-order valence-corrected chi connectivity index (χ1v) is 3.99. The van der Waals surface area contributed by atoms with Crippen LogP contribution in [0.4, 0.5) is 0 Å². The van der Waals surface area contributed by atoms with Crippen LogP contribution in [0.1, 0.15) is 5.82 Å². The van der Waals surface area contributed by atoms with Crippen LogP contribution in [0.15, 0.2) is 25.0 Å². The molecule has 0 saturated heterocycles. The Hall–Kier alpha value is -1.58. The summed E-state index contributed by atoms with van der Waals surface area (Å²) in [7, 11) is 3.62. The molecule has 4 nitrogen and oxygen atoms in total. The first-order chi connectivity index (χ1) is 6.15. The van der Waals surface area contributed by atoms with Crippen LogP contribution in [0.3, 0.4) is 0 Å². The van der Waals surface area contributed by atoms with Crippen LogP contribution < -0.4 is 0 Å². The van der Waals surface area contributed by atoms with Crippen LogP contribution in [0.25, 0.3) is 0 Å². The molecule has 1 amide bonds. The molecule has 1 rings (SSSR count). The van der Waals surface area contributed by atoms with Gasteiger partial charge in [-0.15, -0.1) is 0 Å². The summed E-state index contributed by atoms with van der Waals surface area (Å²) in [5, 5.41) is 0. The molecule has 0 aliphatic rings. The van der Waals surface area contributed by atoms with Crippen molar-refractivity contribution in [2.75, 3.05) is 7.05 Å². The highest BCUT2D eigenvalue weighted by molar-refractivity contribution is 5.86. The number of nitrogens with zero attached hydrogens (tertiary/aromatic N) is 3. The number of hydrogen-bond acceptors (Lipinski definition) is 2. The van der Waals surface area contributed by atoms with E-state index in [0.29, 0.717) is 6.54 Å². The Kier molecular flexibility index (Phi) is 2.84. The van der Waals surface area contributed by atoms with Crippen molar-refractivity contribution in [3.63, 3.8) is 0 Å². The highest BCUT2D eigenvalue weighted by Gasteiger charge is 2.07. The van der Waals surface area contributed by atoms with E-state index in [1.807, 2.05) is 17.8 Å². The molecular formula is C9H13N3O. The van der Waals surface area contributed by atoms with Crippen molar-refractivity contribution < 1.29 is 4.79 Å².